The summed E-state index contributed by atoms with van der Waals surface area (Å²) in [5, 5.41) is 10.7. The largest absolute Gasteiger partial charge is 0.416 e. The quantitative estimate of drug-likeness (QED) is 0.167. The number of rotatable bonds is 4. The van der Waals surface area contributed by atoms with Crippen molar-refractivity contribution < 1.29 is 52.7 Å². The van der Waals surface area contributed by atoms with Crippen molar-refractivity contribution in [2.45, 2.75) is 51.4 Å². The molecule has 2 aromatic heterocycles. The molecule has 57 heavy (non-hydrogen) atoms. The maximum atomic E-state index is 13.9. The Morgan fingerprint density at radius 2 is 1.07 bits per heavy atom. The van der Waals surface area contributed by atoms with E-state index < -0.39 is 52.5 Å². The van der Waals surface area contributed by atoms with E-state index in [1.807, 2.05) is 0 Å². The standard InChI is InChI=1S/C41H24F12N4/c1-20-9-21(2)56-37(55-20)24-3-4-25(19-54)34(16-24)57-35-14-22(26-10-28(38(42,43)44)17-29(11-26)39(45,46)47)5-7-32(35)33-8-6-23(15-36(33)57)27-12-30(40(48,49)50)18-31(13-27)41(51,52)53/h3-5,7,9-18H,6,8H2,1-2H3. The van der Waals surface area contributed by atoms with Crippen LogP contribution in [0.2, 0.25) is 0 Å². The third-order valence-electron chi connectivity index (χ3n) is 9.55. The van der Waals surface area contributed by atoms with Gasteiger partial charge in [0.2, 0.25) is 0 Å². The van der Waals surface area contributed by atoms with Crippen LogP contribution in [0.5, 0.6) is 0 Å². The third-order valence-corrected chi connectivity index (χ3v) is 9.55. The molecule has 0 spiro atoms. The molecule has 1 aliphatic rings. The lowest BCUT2D eigenvalue weighted by Crippen LogP contribution is -2.12. The van der Waals surface area contributed by atoms with E-state index in [4.69, 9.17) is 0 Å². The van der Waals surface area contributed by atoms with E-state index in [9.17, 15) is 57.9 Å². The number of hydrogen-bond acceptors (Lipinski definition) is 3. The second kappa shape index (κ2) is 13.5. The van der Waals surface area contributed by atoms with Gasteiger partial charge in [-0.25, -0.2) is 9.97 Å². The highest BCUT2D eigenvalue weighted by molar-refractivity contribution is 5.98. The summed E-state index contributed by atoms with van der Waals surface area (Å²) < 4.78 is 168. The van der Waals surface area contributed by atoms with Crippen molar-refractivity contribution in [3.63, 3.8) is 0 Å². The summed E-state index contributed by atoms with van der Waals surface area (Å²) in [4.78, 5) is 8.93. The summed E-state index contributed by atoms with van der Waals surface area (Å²) in [5.74, 6) is 0.243. The number of nitriles is 1. The molecule has 2 heterocycles. The van der Waals surface area contributed by atoms with Crippen LogP contribution in [0.15, 0.2) is 78.9 Å². The molecule has 0 aliphatic heterocycles. The highest BCUT2D eigenvalue weighted by Gasteiger charge is 2.39. The molecule has 4 aromatic carbocycles. The van der Waals surface area contributed by atoms with Crippen molar-refractivity contribution in [2.24, 2.45) is 0 Å². The molecule has 16 heteroatoms. The Labute approximate surface area is 315 Å². The van der Waals surface area contributed by atoms with E-state index in [1.165, 1.54) is 41.0 Å². The maximum absolute atomic E-state index is 13.9. The number of aromatic nitrogens is 3. The molecule has 7 rings (SSSR count). The molecule has 0 saturated carbocycles. The minimum Gasteiger partial charge on any atom is -0.308 e. The fourth-order valence-electron chi connectivity index (χ4n) is 7.02. The second-order valence-corrected chi connectivity index (χ2v) is 13.5. The molecule has 0 atom stereocenters. The predicted molar refractivity (Wildman–Crippen MR) is 187 cm³/mol. The highest BCUT2D eigenvalue weighted by atomic mass is 19.4. The van der Waals surface area contributed by atoms with Crippen molar-refractivity contribution in [1.82, 2.24) is 14.5 Å². The summed E-state index contributed by atoms with van der Waals surface area (Å²) in [6.45, 7) is 3.45. The Bertz CT molecular complexity index is 2580. The van der Waals surface area contributed by atoms with Crippen LogP contribution >= 0.6 is 0 Å². The molecule has 1 aliphatic carbocycles. The number of benzene rings is 4. The maximum Gasteiger partial charge on any atom is 0.416 e. The van der Waals surface area contributed by atoms with Gasteiger partial charge in [-0.1, -0.05) is 12.1 Å². The zero-order valence-corrected chi connectivity index (χ0v) is 29.3. The van der Waals surface area contributed by atoms with E-state index in [0.717, 1.165) is 0 Å². The van der Waals surface area contributed by atoms with Crippen molar-refractivity contribution in [3.8, 4) is 34.3 Å². The van der Waals surface area contributed by atoms with E-state index in [0.29, 0.717) is 52.2 Å². The normalized spacial score (nSPS) is 13.7. The van der Waals surface area contributed by atoms with Crippen LogP contribution in [0.1, 0.15) is 62.4 Å². The molecule has 0 unspecified atom stereocenters. The predicted octanol–water partition coefficient (Wildman–Crippen LogP) is 12.8. The van der Waals surface area contributed by atoms with Crippen molar-refractivity contribution in [3.05, 3.63) is 135 Å². The lowest BCUT2D eigenvalue weighted by molar-refractivity contribution is -0.144. The first-order valence-corrected chi connectivity index (χ1v) is 16.9. The molecule has 0 N–H and O–H groups in total. The third kappa shape index (κ3) is 7.58. The molecule has 4 nitrogen and oxygen atoms in total. The van der Waals surface area contributed by atoms with Gasteiger partial charge in [0.15, 0.2) is 5.82 Å². The van der Waals surface area contributed by atoms with Gasteiger partial charge in [0.05, 0.1) is 44.7 Å². The summed E-state index contributed by atoms with van der Waals surface area (Å²) in [6, 6.07) is 14.7. The van der Waals surface area contributed by atoms with Gasteiger partial charge in [0, 0.05) is 22.3 Å². The first-order valence-electron chi connectivity index (χ1n) is 16.9. The first kappa shape index (κ1) is 39.1. The molecule has 0 radical (unpaired) electrons. The average molecular weight is 801 g/mol. The van der Waals surface area contributed by atoms with Gasteiger partial charge in [-0.3, -0.25) is 0 Å². The molecule has 0 bridgehead atoms. The van der Waals surface area contributed by atoms with Crippen molar-refractivity contribution in [2.75, 3.05) is 0 Å². The van der Waals surface area contributed by atoms with Crippen LogP contribution < -0.4 is 0 Å². The first-order chi connectivity index (χ1) is 26.5. The van der Waals surface area contributed by atoms with E-state index >= 15 is 0 Å². The van der Waals surface area contributed by atoms with Gasteiger partial charge in [-0.05, 0) is 127 Å². The number of hydrogen-bond donors (Lipinski definition) is 0. The van der Waals surface area contributed by atoms with Crippen molar-refractivity contribution in [1.29, 1.82) is 5.26 Å². The smallest absolute Gasteiger partial charge is 0.308 e. The minimum atomic E-state index is -5.14. The Morgan fingerprint density at radius 1 is 0.561 bits per heavy atom. The van der Waals surface area contributed by atoms with Crippen LogP contribution in [0.25, 0.3) is 50.8 Å². The molecule has 292 valence electrons. The monoisotopic (exact) mass is 800 g/mol. The molecular weight excluding hydrogens is 776 g/mol. The molecule has 0 fully saturated rings. The lowest BCUT2D eigenvalue weighted by atomic mass is 9.89. The summed E-state index contributed by atoms with van der Waals surface area (Å²) in [5.41, 5.74) is -4.36. The highest BCUT2D eigenvalue weighted by Crippen LogP contribution is 2.45. The van der Waals surface area contributed by atoms with Crippen LogP contribution in [-0.2, 0) is 31.1 Å². The van der Waals surface area contributed by atoms with Crippen LogP contribution in [0, 0.1) is 25.2 Å². The summed E-state index contributed by atoms with van der Waals surface area (Å²) >= 11 is 0. The summed E-state index contributed by atoms with van der Waals surface area (Å²) in [7, 11) is 0. The fraction of sp³-hybridized carbons (Fsp3) is 0.195. The summed E-state index contributed by atoms with van der Waals surface area (Å²) in [6.07, 6.45) is -19.2. The van der Waals surface area contributed by atoms with Gasteiger partial charge < -0.3 is 4.57 Å². The van der Waals surface area contributed by atoms with Gasteiger partial charge in [0.1, 0.15) is 6.07 Å². The zero-order valence-electron chi connectivity index (χ0n) is 29.3. The zero-order chi connectivity index (χ0) is 41.4. The van der Waals surface area contributed by atoms with E-state index in [2.05, 4.69) is 16.0 Å². The van der Waals surface area contributed by atoms with Crippen LogP contribution in [0.4, 0.5) is 52.7 Å². The van der Waals surface area contributed by atoms with Crippen LogP contribution in [-0.4, -0.2) is 14.5 Å². The molecule has 0 saturated heterocycles. The van der Waals surface area contributed by atoms with Crippen molar-refractivity contribution >= 4 is 22.6 Å². The minimum absolute atomic E-state index is 0.00644. The number of nitrogens with zero attached hydrogens (tertiary/aromatic N) is 4. The van der Waals surface area contributed by atoms with E-state index in [-0.39, 0.29) is 70.0 Å². The Balaban J connectivity index is 1.54. The Hall–Kier alpha value is -6.11. The van der Waals surface area contributed by atoms with Gasteiger partial charge >= 0.3 is 24.7 Å². The number of alkyl halides is 12. The lowest BCUT2D eigenvalue weighted by Gasteiger charge is -2.20. The number of allylic oxidation sites excluding steroid dienone is 1. The SMILES string of the molecule is Cc1cc(C)nc(-c2ccc(C#N)c(-n3c4c(c5ccc(-c6cc(C(F)(F)F)cc(C(F)(F)F)c6)cc53)CCC(c3cc(C(F)(F)F)cc(C(F)(F)F)c3)=C4)c2)n1. The van der Waals surface area contributed by atoms with Gasteiger partial charge in [0.25, 0.3) is 0 Å². The topological polar surface area (TPSA) is 54.5 Å². The number of fused-ring (bicyclic) bond motifs is 3. The Kier molecular flexibility index (Phi) is 9.29. The van der Waals surface area contributed by atoms with Crippen LogP contribution in [0.3, 0.4) is 0 Å². The second-order valence-electron chi connectivity index (χ2n) is 13.5. The number of halogens is 12. The average Bonchev–Trinajstić information content (AvgIpc) is 3.45. The fourth-order valence-corrected chi connectivity index (χ4v) is 7.02. The molecule has 0 amide bonds. The van der Waals surface area contributed by atoms with Gasteiger partial charge in [-0.15, -0.1) is 0 Å². The van der Waals surface area contributed by atoms with E-state index in [1.54, 1.807) is 26.0 Å². The van der Waals surface area contributed by atoms with Gasteiger partial charge in [-0.2, -0.15) is 57.9 Å². The molecular formula is C41H24F12N4. The number of aryl methyl sites for hydroxylation is 3. The molecule has 6 aromatic rings. The Morgan fingerprint density at radius 3 is 1.58 bits per heavy atom.